The standard InChI is InChI=1S/C45H83NO4/c1-4-7-10-13-16-17-20-24-29-43(28-23-19-15-12-9-6-3)38-50-44(49)30-25-21-26-37-46-45(39-47,40-48)36-35-42-33-31-41(32-34-42)27-22-18-14-11-8-5-2/h31-34,43,46-48H,4-30,35-40H2,1-3H3. The highest BCUT2D eigenvalue weighted by atomic mass is 16.5. The predicted molar refractivity (Wildman–Crippen MR) is 215 cm³/mol. The molecule has 50 heavy (non-hydrogen) atoms. The molecule has 1 aromatic carbocycles. The molecule has 5 heteroatoms. The van der Waals surface area contributed by atoms with Gasteiger partial charge in [0.1, 0.15) is 0 Å². The lowest BCUT2D eigenvalue weighted by Crippen LogP contribution is -2.52. The van der Waals surface area contributed by atoms with Crippen LogP contribution in [0.25, 0.3) is 0 Å². The molecule has 0 amide bonds. The van der Waals surface area contributed by atoms with Gasteiger partial charge in [0.2, 0.25) is 0 Å². The van der Waals surface area contributed by atoms with Gasteiger partial charge < -0.3 is 20.3 Å². The van der Waals surface area contributed by atoms with E-state index in [1.807, 2.05) is 0 Å². The molecular formula is C45H83NO4. The summed E-state index contributed by atoms with van der Waals surface area (Å²) in [6, 6.07) is 8.90. The van der Waals surface area contributed by atoms with E-state index in [0.717, 1.165) is 32.1 Å². The Morgan fingerprint density at radius 3 is 1.54 bits per heavy atom. The van der Waals surface area contributed by atoms with Gasteiger partial charge in [-0.25, -0.2) is 0 Å². The van der Waals surface area contributed by atoms with E-state index in [0.29, 0.717) is 31.9 Å². The van der Waals surface area contributed by atoms with E-state index < -0.39 is 5.54 Å². The average Bonchev–Trinajstić information content (AvgIpc) is 3.14. The van der Waals surface area contributed by atoms with Crippen molar-refractivity contribution < 1.29 is 19.7 Å². The van der Waals surface area contributed by atoms with Gasteiger partial charge in [-0.05, 0) is 75.0 Å². The van der Waals surface area contributed by atoms with Crippen LogP contribution in [0.15, 0.2) is 24.3 Å². The Morgan fingerprint density at radius 2 is 1.04 bits per heavy atom. The van der Waals surface area contributed by atoms with Crippen molar-refractivity contribution in [3.8, 4) is 0 Å². The molecule has 0 heterocycles. The fourth-order valence-corrected chi connectivity index (χ4v) is 7.07. The van der Waals surface area contributed by atoms with Crippen LogP contribution in [-0.4, -0.2) is 48.1 Å². The third kappa shape index (κ3) is 25.5. The van der Waals surface area contributed by atoms with E-state index in [4.69, 9.17) is 4.74 Å². The molecule has 0 aromatic heterocycles. The predicted octanol–water partition coefficient (Wildman–Crippen LogP) is 11.8. The van der Waals surface area contributed by atoms with Crippen molar-refractivity contribution in [1.29, 1.82) is 0 Å². The minimum absolute atomic E-state index is 0.0557. The number of esters is 1. The summed E-state index contributed by atoms with van der Waals surface area (Å²) < 4.78 is 5.82. The highest BCUT2D eigenvalue weighted by Crippen LogP contribution is 2.21. The summed E-state index contributed by atoms with van der Waals surface area (Å²) in [5, 5.41) is 23.8. The average molecular weight is 702 g/mol. The van der Waals surface area contributed by atoms with Crippen molar-refractivity contribution in [3.05, 3.63) is 35.4 Å². The van der Waals surface area contributed by atoms with Gasteiger partial charge in [0.25, 0.3) is 0 Å². The Bertz CT molecular complexity index is 868. The van der Waals surface area contributed by atoms with Gasteiger partial charge >= 0.3 is 5.97 Å². The maximum atomic E-state index is 12.6. The molecule has 0 radical (unpaired) electrons. The molecule has 1 unspecified atom stereocenters. The third-order valence-corrected chi connectivity index (χ3v) is 10.8. The van der Waals surface area contributed by atoms with Crippen LogP contribution in [0.3, 0.4) is 0 Å². The highest BCUT2D eigenvalue weighted by Gasteiger charge is 2.27. The first-order valence-corrected chi connectivity index (χ1v) is 21.7. The van der Waals surface area contributed by atoms with Crippen LogP contribution in [0.4, 0.5) is 0 Å². The normalized spacial score (nSPS) is 12.4. The summed E-state index contributed by atoms with van der Waals surface area (Å²) >= 11 is 0. The van der Waals surface area contributed by atoms with E-state index in [9.17, 15) is 15.0 Å². The summed E-state index contributed by atoms with van der Waals surface area (Å²) in [5.41, 5.74) is 1.96. The molecule has 3 N–H and O–H groups in total. The van der Waals surface area contributed by atoms with Gasteiger partial charge in [-0.1, -0.05) is 173 Å². The lowest BCUT2D eigenvalue weighted by atomic mass is 9.92. The molecule has 292 valence electrons. The molecule has 0 bridgehead atoms. The van der Waals surface area contributed by atoms with Crippen LogP contribution < -0.4 is 5.32 Å². The Labute approximate surface area is 310 Å². The number of aliphatic hydroxyl groups excluding tert-OH is 2. The first-order chi connectivity index (χ1) is 24.5. The van der Waals surface area contributed by atoms with Crippen LogP contribution in [-0.2, 0) is 22.4 Å². The zero-order chi connectivity index (χ0) is 36.4. The first-order valence-electron chi connectivity index (χ1n) is 21.7. The Hall–Kier alpha value is -1.43. The molecular weight excluding hydrogens is 618 g/mol. The van der Waals surface area contributed by atoms with Crippen molar-refractivity contribution >= 4 is 5.97 Å². The SMILES string of the molecule is CCCCCCCCCCC(CCCCCCCC)COC(=O)CCCCCNC(CO)(CO)CCc1ccc(CCCCCCCC)cc1. The molecule has 0 saturated carbocycles. The summed E-state index contributed by atoms with van der Waals surface area (Å²) in [4.78, 5) is 12.6. The van der Waals surface area contributed by atoms with Crippen molar-refractivity contribution in [2.24, 2.45) is 5.92 Å². The second kappa shape index (κ2) is 33.4. The summed E-state index contributed by atoms with van der Waals surface area (Å²) in [6.07, 6.45) is 34.6. The molecule has 0 saturated heterocycles. The summed E-state index contributed by atoms with van der Waals surface area (Å²) in [7, 11) is 0. The quantitative estimate of drug-likeness (QED) is 0.0475. The molecule has 1 rings (SSSR count). The van der Waals surface area contributed by atoms with Gasteiger partial charge in [-0.2, -0.15) is 0 Å². The highest BCUT2D eigenvalue weighted by molar-refractivity contribution is 5.69. The van der Waals surface area contributed by atoms with Crippen LogP contribution >= 0.6 is 0 Å². The van der Waals surface area contributed by atoms with Crippen LogP contribution in [0.5, 0.6) is 0 Å². The Balaban J connectivity index is 2.31. The lowest BCUT2D eigenvalue weighted by Gasteiger charge is -2.31. The van der Waals surface area contributed by atoms with Crippen molar-refractivity contribution in [3.63, 3.8) is 0 Å². The number of unbranched alkanes of at least 4 members (excludes halogenated alkanes) is 19. The van der Waals surface area contributed by atoms with Gasteiger partial charge in [-0.3, -0.25) is 4.79 Å². The second-order valence-electron chi connectivity index (χ2n) is 15.5. The van der Waals surface area contributed by atoms with Gasteiger partial charge in [0, 0.05) is 6.42 Å². The van der Waals surface area contributed by atoms with E-state index in [-0.39, 0.29) is 19.2 Å². The number of benzene rings is 1. The minimum Gasteiger partial charge on any atom is -0.465 e. The topological polar surface area (TPSA) is 78.8 Å². The third-order valence-electron chi connectivity index (χ3n) is 10.8. The molecule has 0 aliphatic heterocycles. The monoisotopic (exact) mass is 702 g/mol. The van der Waals surface area contributed by atoms with E-state index in [1.54, 1.807) is 0 Å². The van der Waals surface area contributed by atoms with E-state index in [1.165, 1.54) is 152 Å². The number of carbonyl (C=O) groups excluding carboxylic acids is 1. The van der Waals surface area contributed by atoms with E-state index >= 15 is 0 Å². The molecule has 1 atom stereocenters. The van der Waals surface area contributed by atoms with Gasteiger partial charge in [-0.15, -0.1) is 0 Å². The number of hydrogen-bond acceptors (Lipinski definition) is 5. The smallest absolute Gasteiger partial charge is 0.305 e. The fourth-order valence-electron chi connectivity index (χ4n) is 7.07. The van der Waals surface area contributed by atoms with Crippen molar-refractivity contribution in [1.82, 2.24) is 5.32 Å². The molecule has 0 aliphatic carbocycles. The van der Waals surface area contributed by atoms with Gasteiger partial charge in [0.05, 0.1) is 25.4 Å². The molecule has 1 aromatic rings. The summed E-state index contributed by atoms with van der Waals surface area (Å²) in [5.74, 6) is 0.447. The lowest BCUT2D eigenvalue weighted by molar-refractivity contribution is -0.145. The first kappa shape index (κ1) is 46.6. The molecule has 0 spiro atoms. The second-order valence-corrected chi connectivity index (χ2v) is 15.5. The van der Waals surface area contributed by atoms with Crippen LogP contribution in [0, 0.1) is 5.92 Å². The van der Waals surface area contributed by atoms with Gasteiger partial charge in [0.15, 0.2) is 0 Å². The summed E-state index contributed by atoms with van der Waals surface area (Å²) in [6.45, 7) is 7.92. The number of hydrogen-bond donors (Lipinski definition) is 3. The number of carbonyl (C=O) groups is 1. The number of aryl methyl sites for hydroxylation is 2. The zero-order valence-electron chi connectivity index (χ0n) is 33.4. The molecule has 0 fully saturated rings. The molecule has 0 aliphatic rings. The maximum absolute atomic E-state index is 12.6. The number of rotatable bonds is 37. The van der Waals surface area contributed by atoms with Crippen molar-refractivity contribution in [2.75, 3.05) is 26.4 Å². The van der Waals surface area contributed by atoms with Crippen LogP contribution in [0.2, 0.25) is 0 Å². The molecule has 5 nitrogen and oxygen atoms in total. The fraction of sp³-hybridized carbons (Fsp3) is 0.844. The van der Waals surface area contributed by atoms with Crippen molar-refractivity contribution in [2.45, 2.75) is 213 Å². The van der Waals surface area contributed by atoms with E-state index in [2.05, 4.69) is 50.4 Å². The minimum atomic E-state index is -0.684. The maximum Gasteiger partial charge on any atom is 0.305 e. The number of ether oxygens (including phenoxy) is 1. The zero-order valence-corrected chi connectivity index (χ0v) is 33.4. The Morgan fingerprint density at radius 1 is 0.600 bits per heavy atom. The largest absolute Gasteiger partial charge is 0.465 e. The number of aliphatic hydroxyl groups is 2. The number of nitrogens with one attached hydrogen (secondary N) is 1. The van der Waals surface area contributed by atoms with Crippen LogP contribution in [0.1, 0.15) is 205 Å². The Kier molecular flexibility index (Phi) is 31.1.